The average Bonchev–Trinajstić information content (AvgIpc) is 3.28. The van der Waals surface area contributed by atoms with Crippen molar-refractivity contribution in [2.24, 2.45) is 0 Å². The molecule has 1 unspecified atom stereocenters. The fraction of sp³-hybridized carbons (Fsp3) is 0.414. The van der Waals surface area contributed by atoms with E-state index in [0.717, 1.165) is 31.4 Å². The van der Waals surface area contributed by atoms with Gasteiger partial charge in [-0.15, -0.1) is 0 Å². The Balaban J connectivity index is 1.10. The van der Waals surface area contributed by atoms with Crippen molar-refractivity contribution in [1.82, 2.24) is 29.4 Å². The molecule has 226 valence electrons. The van der Waals surface area contributed by atoms with Gasteiger partial charge in [0.25, 0.3) is 0 Å². The molecule has 0 saturated carbocycles. The number of pyridine rings is 1. The van der Waals surface area contributed by atoms with Crippen LogP contribution in [0.15, 0.2) is 42.6 Å². The Labute approximate surface area is 249 Å². The van der Waals surface area contributed by atoms with E-state index in [4.69, 9.17) is 26.1 Å². The predicted molar refractivity (Wildman–Crippen MR) is 149 cm³/mol. The standard InChI is InChI=1S/C29H28ClF3N6O4/c30-18-2-1-17(21(14-18)29(31,32)33)13-24-34-9-5-26(37-24)43-19-6-10-38(11-7-19)16-25-35-22-3-4-23(28(40)41)36-27(22)39(25)15-20-8-12-42-20/h1-5,9,14,19-20H,6-8,10-13,15-16H2,(H,40,41). The largest absolute Gasteiger partial charge is 0.477 e. The maximum Gasteiger partial charge on any atom is 0.416 e. The predicted octanol–water partition coefficient (Wildman–Crippen LogP) is 5.01. The molecule has 6 rings (SSSR count). The van der Waals surface area contributed by atoms with E-state index in [0.29, 0.717) is 49.6 Å². The Hall–Kier alpha value is -3.81. The number of nitrogens with zero attached hydrogens (tertiary/aromatic N) is 6. The molecule has 4 aromatic rings. The summed E-state index contributed by atoms with van der Waals surface area (Å²) in [7, 11) is 0. The normalized spacial score (nSPS) is 18.1. The monoisotopic (exact) mass is 616 g/mol. The van der Waals surface area contributed by atoms with Crippen molar-refractivity contribution < 1.29 is 32.5 Å². The Bertz CT molecular complexity index is 1640. The lowest BCUT2D eigenvalue weighted by atomic mass is 10.0. The Morgan fingerprint density at radius 3 is 2.58 bits per heavy atom. The fourth-order valence-electron chi connectivity index (χ4n) is 5.34. The van der Waals surface area contributed by atoms with E-state index < -0.39 is 17.7 Å². The first-order valence-corrected chi connectivity index (χ1v) is 14.3. The van der Waals surface area contributed by atoms with Crippen LogP contribution in [-0.4, -0.2) is 72.4 Å². The molecule has 2 aliphatic heterocycles. The first kappa shape index (κ1) is 29.3. The lowest BCUT2D eigenvalue weighted by Gasteiger charge is -2.32. The molecule has 2 aliphatic rings. The van der Waals surface area contributed by atoms with E-state index in [2.05, 4.69) is 19.9 Å². The number of rotatable bonds is 9. The first-order chi connectivity index (χ1) is 20.6. The number of ether oxygens (including phenoxy) is 2. The summed E-state index contributed by atoms with van der Waals surface area (Å²) in [6, 6.07) is 8.40. The van der Waals surface area contributed by atoms with Crippen LogP contribution in [0.1, 0.15) is 52.5 Å². The van der Waals surface area contributed by atoms with Crippen molar-refractivity contribution in [3.8, 4) is 5.88 Å². The van der Waals surface area contributed by atoms with Crippen molar-refractivity contribution in [2.45, 2.75) is 57.2 Å². The molecule has 3 aromatic heterocycles. The van der Waals surface area contributed by atoms with Crippen molar-refractivity contribution in [2.75, 3.05) is 19.7 Å². The second-order valence-corrected chi connectivity index (χ2v) is 11.1. The molecule has 10 nitrogen and oxygen atoms in total. The van der Waals surface area contributed by atoms with E-state index in [1.807, 2.05) is 4.57 Å². The molecular weight excluding hydrogens is 589 g/mol. The van der Waals surface area contributed by atoms with Crippen molar-refractivity contribution in [3.05, 3.63) is 76.1 Å². The van der Waals surface area contributed by atoms with E-state index >= 15 is 0 Å². The van der Waals surface area contributed by atoms with E-state index in [-0.39, 0.29) is 40.7 Å². The van der Waals surface area contributed by atoms with Gasteiger partial charge in [-0.1, -0.05) is 17.7 Å². The van der Waals surface area contributed by atoms with Crippen LogP contribution in [0.2, 0.25) is 5.02 Å². The summed E-state index contributed by atoms with van der Waals surface area (Å²) in [4.78, 5) is 31.4. The zero-order valence-electron chi connectivity index (χ0n) is 22.9. The number of aromatic carboxylic acids is 1. The van der Waals surface area contributed by atoms with Gasteiger partial charge in [0, 0.05) is 43.4 Å². The number of carboxylic acid groups (broad SMARTS) is 1. The maximum atomic E-state index is 13.5. The van der Waals surface area contributed by atoms with Crippen LogP contribution in [0.4, 0.5) is 13.2 Å². The number of aromatic nitrogens is 5. The minimum Gasteiger partial charge on any atom is -0.477 e. The van der Waals surface area contributed by atoms with Crippen LogP contribution in [0.3, 0.4) is 0 Å². The molecule has 1 atom stereocenters. The number of benzene rings is 1. The smallest absolute Gasteiger partial charge is 0.416 e. The zero-order chi connectivity index (χ0) is 30.1. The summed E-state index contributed by atoms with van der Waals surface area (Å²) < 4.78 is 54.3. The molecule has 1 aromatic carbocycles. The summed E-state index contributed by atoms with van der Waals surface area (Å²) >= 11 is 5.80. The highest BCUT2D eigenvalue weighted by Gasteiger charge is 2.34. The molecule has 2 saturated heterocycles. The van der Waals surface area contributed by atoms with Gasteiger partial charge < -0.3 is 19.1 Å². The Morgan fingerprint density at radius 2 is 1.88 bits per heavy atom. The molecule has 1 N–H and O–H groups in total. The SMILES string of the molecule is O=C(O)c1ccc2nc(CN3CCC(Oc4ccnc(Cc5ccc(Cl)cc5C(F)(F)F)n4)CC3)n(CC3CCO3)c2n1. The minimum atomic E-state index is -4.55. The highest BCUT2D eigenvalue weighted by atomic mass is 35.5. The number of hydrogen-bond donors (Lipinski definition) is 1. The third-order valence-electron chi connectivity index (χ3n) is 7.66. The highest BCUT2D eigenvalue weighted by molar-refractivity contribution is 6.30. The van der Waals surface area contributed by atoms with Crippen LogP contribution in [0, 0.1) is 0 Å². The molecule has 0 bridgehead atoms. The second kappa shape index (κ2) is 12.1. The number of likely N-dealkylation sites (tertiary alicyclic amines) is 1. The van der Waals surface area contributed by atoms with Crippen LogP contribution in [-0.2, 0) is 30.4 Å². The van der Waals surface area contributed by atoms with Gasteiger partial charge in [0.15, 0.2) is 11.3 Å². The second-order valence-electron chi connectivity index (χ2n) is 10.6. The summed E-state index contributed by atoms with van der Waals surface area (Å²) in [5.74, 6) is 0.233. The summed E-state index contributed by atoms with van der Waals surface area (Å²) in [5, 5.41) is 9.42. The van der Waals surface area contributed by atoms with Gasteiger partial charge in [-0.25, -0.2) is 19.7 Å². The number of imidazole rings is 1. The van der Waals surface area contributed by atoms with Crippen molar-refractivity contribution >= 4 is 28.7 Å². The van der Waals surface area contributed by atoms with E-state index in [1.54, 1.807) is 12.1 Å². The molecule has 0 aliphatic carbocycles. The first-order valence-electron chi connectivity index (χ1n) is 13.9. The quantitative estimate of drug-likeness (QED) is 0.277. The van der Waals surface area contributed by atoms with Crippen LogP contribution >= 0.6 is 11.6 Å². The molecule has 14 heteroatoms. The van der Waals surface area contributed by atoms with Gasteiger partial charge in [0.2, 0.25) is 5.88 Å². The molecular formula is C29H28ClF3N6O4. The van der Waals surface area contributed by atoms with Crippen LogP contribution < -0.4 is 4.74 Å². The molecule has 5 heterocycles. The average molecular weight is 617 g/mol. The number of alkyl halides is 3. The van der Waals surface area contributed by atoms with Gasteiger partial charge in [-0.2, -0.15) is 18.2 Å². The Kier molecular flexibility index (Phi) is 8.21. The zero-order valence-corrected chi connectivity index (χ0v) is 23.7. The van der Waals surface area contributed by atoms with Gasteiger partial charge >= 0.3 is 12.1 Å². The van der Waals surface area contributed by atoms with E-state index in [1.165, 1.54) is 24.4 Å². The fourth-order valence-corrected chi connectivity index (χ4v) is 5.51. The number of hydrogen-bond acceptors (Lipinski definition) is 8. The number of carbonyl (C=O) groups is 1. The molecule has 43 heavy (non-hydrogen) atoms. The van der Waals surface area contributed by atoms with Crippen LogP contribution in [0.5, 0.6) is 5.88 Å². The lowest BCUT2D eigenvalue weighted by Crippen LogP contribution is -2.39. The van der Waals surface area contributed by atoms with Crippen molar-refractivity contribution in [3.63, 3.8) is 0 Å². The minimum absolute atomic E-state index is 0.00837. The topological polar surface area (TPSA) is 115 Å². The van der Waals surface area contributed by atoms with Gasteiger partial charge in [0.05, 0.1) is 24.8 Å². The third kappa shape index (κ3) is 6.73. The summed E-state index contributed by atoms with van der Waals surface area (Å²) in [6.07, 6.45) is -0.911. The van der Waals surface area contributed by atoms with E-state index in [9.17, 15) is 23.1 Å². The number of fused-ring (bicyclic) bond motifs is 1. The molecule has 0 amide bonds. The van der Waals surface area contributed by atoms with Crippen LogP contribution in [0.25, 0.3) is 11.2 Å². The molecule has 0 spiro atoms. The summed E-state index contributed by atoms with van der Waals surface area (Å²) in [6.45, 7) is 3.26. The highest BCUT2D eigenvalue weighted by Crippen LogP contribution is 2.34. The summed E-state index contributed by atoms with van der Waals surface area (Å²) in [5.41, 5.74) is 0.359. The van der Waals surface area contributed by atoms with Gasteiger partial charge in [0.1, 0.15) is 23.3 Å². The van der Waals surface area contributed by atoms with Gasteiger partial charge in [-0.05, 0) is 49.1 Å². The number of carboxylic acids is 1. The van der Waals surface area contributed by atoms with Crippen molar-refractivity contribution in [1.29, 1.82) is 0 Å². The lowest BCUT2D eigenvalue weighted by molar-refractivity contribution is -0.138. The Morgan fingerprint density at radius 1 is 1.09 bits per heavy atom. The molecule has 2 fully saturated rings. The molecule has 0 radical (unpaired) electrons. The van der Waals surface area contributed by atoms with Gasteiger partial charge in [-0.3, -0.25) is 4.90 Å². The number of halogens is 4. The maximum absolute atomic E-state index is 13.5. The number of piperidine rings is 1. The third-order valence-corrected chi connectivity index (χ3v) is 7.90.